The zero-order valence-electron chi connectivity index (χ0n) is 8.06. The van der Waals surface area contributed by atoms with Crippen molar-refractivity contribution < 1.29 is 14.6 Å². The third-order valence-electron chi connectivity index (χ3n) is 1.65. The van der Waals surface area contributed by atoms with E-state index in [0.717, 1.165) is 0 Å². The lowest BCUT2D eigenvalue weighted by molar-refractivity contribution is 0.0523. The van der Waals surface area contributed by atoms with Crippen molar-refractivity contribution in [2.45, 2.75) is 6.92 Å². The molecule has 0 aliphatic heterocycles. The summed E-state index contributed by atoms with van der Waals surface area (Å²) >= 11 is 4.41. The second kappa shape index (κ2) is 5.24. The predicted molar refractivity (Wildman–Crippen MR) is 58.7 cm³/mol. The molecule has 1 rings (SSSR count). The summed E-state index contributed by atoms with van der Waals surface area (Å²) in [7, 11) is 0. The van der Waals surface area contributed by atoms with Crippen molar-refractivity contribution in [2.75, 3.05) is 6.61 Å². The van der Waals surface area contributed by atoms with E-state index in [1.165, 1.54) is 12.1 Å². The van der Waals surface area contributed by atoms with Crippen LogP contribution in [0.2, 0.25) is 0 Å². The summed E-state index contributed by atoms with van der Waals surface area (Å²) in [5.41, 5.74) is 0.552. The van der Waals surface area contributed by atoms with E-state index in [-0.39, 0.29) is 17.9 Å². The van der Waals surface area contributed by atoms with Crippen LogP contribution in [-0.2, 0) is 4.74 Å². The van der Waals surface area contributed by atoms with Gasteiger partial charge in [0.05, 0.1) is 17.5 Å². The minimum atomic E-state index is -0.562. The number of benzene rings is 1. The van der Waals surface area contributed by atoms with E-state index in [9.17, 15) is 9.90 Å². The van der Waals surface area contributed by atoms with Gasteiger partial charge in [0.25, 0.3) is 0 Å². The maximum atomic E-state index is 11.3. The Bertz CT molecular complexity index is 425. The largest absolute Gasteiger partial charge is 0.507 e. The van der Waals surface area contributed by atoms with Gasteiger partial charge in [0.1, 0.15) is 11.3 Å². The van der Waals surface area contributed by atoms with E-state index in [2.05, 4.69) is 22.4 Å². The van der Waals surface area contributed by atoms with Gasteiger partial charge in [-0.05, 0) is 31.3 Å². The average molecular weight is 223 g/mol. The Balaban J connectivity index is 3.02. The fourth-order valence-corrected chi connectivity index (χ4v) is 1.13. The molecule has 0 radical (unpaired) electrons. The Hall–Kier alpha value is -1.71. The highest BCUT2D eigenvalue weighted by Crippen LogP contribution is 2.24. The number of hydrogen-bond donors (Lipinski definition) is 1. The summed E-state index contributed by atoms with van der Waals surface area (Å²) in [5.74, 6) is -0.743. The highest BCUT2D eigenvalue weighted by molar-refractivity contribution is 7.78. The van der Waals surface area contributed by atoms with E-state index in [4.69, 9.17) is 4.74 Å². The quantitative estimate of drug-likeness (QED) is 0.485. The second-order valence-electron chi connectivity index (χ2n) is 2.63. The first kappa shape index (κ1) is 11.4. The predicted octanol–water partition coefficient (Wildman–Crippen LogP) is 2.30. The fraction of sp³-hybridized carbons (Fsp3) is 0.200. The van der Waals surface area contributed by atoms with Gasteiger partial charge in [-0.2, -0.15) is 4.99 Å². The molecule has 0 bridgehead atoms. The maximum Gasteiger partial charge on any atom is 0.341 e. The first-order valence-electron chi connectivity index (χ1n) is 4.27. The van der Waals surface area contributed by atoms with E-state index in [1.807, 2.05) is 0 Å². The summed E-state index contributed by atoms with van der Waals surface area (Å²) in [6.07, 6.45) is 0. The highest BCUT2D eigenvalue weighted by atomic mass is 32.1. The number of carbonyl (C=O) groups is 1. The van der Waals surface area contributed by atoms with Crippen molar-refractivity contribution in [3.8, 4) is 5.75 Å². The number of thiocarbonyl (C=S) groups is 1. The molecule has 1 aromatic carbocycles. The smallest absolute Gasteiger partial charge is 0.341 e. The molecule has 1 aromatic rings. The molecule has 0 saturated carbocycles. The average Bonchev–Trinajstić information content (AvgIpc) is 2.18. The molecule has 0 spiro atoms. The van der Waals surface area contributed by atoms with Crippen LogP contribution in [-0.4, -0.2) is 22.8 Å². The fourth-order valence-electron chi connectivity index (χ4n) is 1.02. The molecule has 0 saturated heterocycles. The molecule has 4 nitrogen and oxygen atoms in total. The van der Waals surface area contributed by atoms with Gasteiger partial charge in [0.2, 0.25) is 0 Å². The molecule has 78 valence electrons. The third-order valence-corrected chi connectivity index (χ3v) is 1.74. The summed E-state index contributed by atoms with van der Waals surface area (Å²) < 4.78 is 4.74. The molecule has 15 heavy (non-hydrogen) atoms. The second-order valence-corrected chi connectivity index (χ2v) is 2.81. The molecular weight excluding hydrogens is 214 g/mol. The van der Waals surface area contributed by atoms with Gasteiger partial charge >= 0.3 is 5.97 Å². The first-order chi connectivity index (χ1) is 7.19. The zero-order chi connectivity index (χ0) is 11.3. The topological polar surface area (TPSA) is 58.9 Å². The standard InChI is InChI=1S/C10H9NO3S/c1-2-14-10(13)8-4-3-7(11-6-15)5-9(8)12/h3-5,12H,2H2,1H3. The first-order valence-corrected chi connectivity index (χ1v) is 4.68. The SMILES string of the molecule is CCOC(=O)c1ccc(N=C=S)cc1O. The van der Waals surface area contributed by atoms with Crippen LogP contribution in [0.25, 0.3) is 0 Å². The van der Waals surface area contributed by atoms with E-state index in [1.54, 1.807) is 13.0 Å². The normalized spacial score (nSPS) is 9.13. The number of phenols is 1. The van der Waals surface area contributed by atoms with Gasteiger partial charge in [-0.3, -0.25) is 0 Å². The highest BCUT2D eigenvalue weighted by Gasteiger charge is 2.11. The van der Waals surface area contributed by atoms with E-state index < -0.39 is 5.97 Å². The van der Waals surface area contributed by atoms with Crippen molar-refractivity contribution >= 4 is 29.0 Å². The molecule has 0 atom stereocenters. The number of aromatic hydroxyl groups is 1. The Morgan fingerprint density at radius 3 is 2.93 bits per heavy atom. The lowest BCUT2D eigenvalue weighted by Gasteiger charge is -2.03. The summed E-state index contributed by atoms with van der Waals surface area (Å²) in [5, 5.41) is 11.7. The molecule has 0 aliphatic rings. The summed E-state index contributed by atoms with van der Waals surface area (Å²) in [4.78, 5) is 15.0. The van der Waals surface area contributed by atoms with E-state index >= 15 is 0 Å². The molecular formula is C10H9NO3S. The van der Waals surface area contributed by atoms with Crippen LogP contribution < -0.4 is 0 Å². The van der Waals surface area contributed by atoms with Crippen molar-refractivity contribution in [3.05, 3.63) is 23.8 Å². The number of phenolic OH excluding ortho intramolecular Hbond substituents is 1. The number of carbonyl (C=O) groups excluding carboxylic acids is 1. The number of aliphatic imine (C=N–C) groups is 1. The van der Waals surface area contributed by atoms with Crippen LogP contribution in [0.4, 0.5) is 5.69 Å². The van der Waals surface area contributed by atoms with Gasteiger partial charge in [0, 0.05) is 6.07 Å². The van der Waals surface area contributed by atoms with Crippen LogP contribution in [0.1, 0.15) is 17.3 Å². The Kier molecular flexibility index (Phi) is 3.97. The monoisotopic (exact) mass is 223 g/mol. The molecule has 1 N–H and O–H groups in total. The van der Waals surface area contributed by atoms with Gasteiger partial charge < -0.3 is 9.84 Å². The van der Waals surface area contributed by atoms with Crippen LogP contribution in [0, 0.1) is 0 Å². The Morgan fingerprint density at radius 2 is 2.40 bits per heavy atom. The number of isothiocyanates is 1. The molecule has 0 unspecified atom stereocenters. The third kappa shape index (κ3) is 2.87. The number of esters is 1. The van der Waals surface area contributed by atoms with Gasteiger partial charge in [0.15, 0.2) is 0 Å². The lowest BCUT2D eigenvalue weighted by Crippen LogP contribution is -2.04. The molecule has 5 heteroatoms. The van der Waals surface area contributed by atoms with Crippen LogP contribution in [0.3, 0.4) is 0 Å². The minimum absolute atomic E-state index is 0.111. The molecule has 0 fully saturated rings. The minimum Gasteiger partial charge on any atom is -0.507 e. The molecule has 0 aromatic heterocycles. The summed E-state index contributed by atoms with van der Waals surface area (Å²) in [6, 6.07) is 4.30. The Morgan fingerprint density at radius 1 is 1.67 bits per heavy atom. The molecule has 0 aliphatic carbocycles. The number of hydrogen-bond acceptors (Lipinski definition) is 5. The van der Waals surface area contributed by atoms with Gasteiger partial charge in [-0.15, -0.1) is 0 Å². The van der Waals surface area contributed by atoms with Gasteiger partial charge in [-0.25, -0.2) is 4.79 Å². The number of nitrogens with zero attached hydrogens (tertiary/aromatic N) is 1. The van der Waals surface area contributed by atoms with Crippen molar-refractivity contribution in [1.82, 2.24) is 0 Å². The molecule has 0 heterocycles. The van der Waals surface area contributed by atoms with Crippen LogP contribution >= 0.6 is 12.2 Å². The number of ether oxygens (including phenoxy) is 1. The van der Waals surface area contributed by atoms with Gasteiger partial charge in [-0.1, -0.05) is 0 Å². The van der Waals surface area contributed by atoms with Crippen LogP contribution in [0.15, 0.2) is 23.2 Å². The van der Waals surface area contributed by atoms with Crippen LogP contribution in [0.5, 0.6) is 5.75 Å². The zero-order valence-corrected chi connectivity index (χ0v) is 8.87. The van der Waals surface area contributed by atoms with Crippen molar-refractivity contribution in [1.29, 1.82) is 0 Å². The van der Waals surface area contributed by atoms with E-state index in [0.29, 0.717) is 5.69 Å². The van der Waals surface area contributed by atoms with Crippen molar-refractivity contribution in [2.24, 2.45) is 4.99 Å². The summed E-state index contributed by atoms with van der Waals surface area (Å²) in [6.45, 7) is 1.96. The number of rotatable bonds is 3. The Labute approximate surface area is 92.2 Å². The lowest BCUT2D eigenvalue weighted by atomic mass is 10.2. The van der Waals surface area contributed by atoms with Crippen molar-refractivity contribution in [3.63, 3.8) is 0 Å². The molecule has 0 amide bonds. The maximum absolute atomic E-state index is 11.3.